The molecule has 2 bridgehead atoms. The van der Waals surface area contributed by atoms with Crippen LogP contribution in [0.15, 0.2) is 84.4 Å². The number of para-hydroxylation sites is 1. The Morgan fingerprint density at radius 2 is 1.62 bits per heavy atom. The second-order valence-corrected chi connectivity index (χ2v) is 11.9. The number of fused-ring (bicyclic) bond motifs is 2. The van der Waals surface area contributed by atoms with E-state index in [2.05, 4.69) is 67.7 Å². The summed E-state index contributed by atoms with van der Waals surface area (Å²) in [6, 6.07) is 27.1. The van der Waals surface area contributed by atoms with Crippen molar-refractivity contribution in [3.63, 3.8) is 0 Å². The second kappa shape index (κ2) is 13.4. The van der Waals surface area contributed by atoms with Gasteiger partial charge in [0.15, 0.2) is 0 Å². The Balaban J connectivity index is 1.34. The molecule has 3 aromatic carbocycles. The van der Waals surface area contributed by atoms with Crippen LogP contribution in [-0.4, -0.2) is 67.0 Å². The van der Waals surface area contributed by atoms with Crippen molar-refractivity contribution in [2.45, 2.75) is 58.0 Å². The molecule has 0 saturated carbocycles. The normalized spacial score (nSPS) is 18.3. The molecule has 220 valence electrons. The summed E-state index contributed by atoms with van der Waals surface area (Å²) in [4.78, 5) is 30.0. The van der Waals surface area contributed by atoms with Crippen molar-refractivity contribution in [2.75, 3.05) is 33.3 Å². The molecule has 1 N–H and O–H groups in total. The number of nitrogens with zero attached hydrogens (tertiary/aromatic N) is 2. The molecule has 2 aliphatic rings. The first kappa shape index (κ1) is 29.6. The molecule has 1 fully saturated rings. The lowest BCUT2D eigenvalue weighted by molar-refractivity contribution is -0.132. The van der Waals surface area contributed by atoms with Crippen LogP contribution >= 0.6 is 0 Å². The zero-order valence-electron chi connectivity index (χ0n) is 25.3. The molecule has 2 heterocycles. The number of hydrogen-bond donors (Lipinski definition) is 1. The maximum atomic E-state index is 14.0. The van der Waals surface area contributed by atoms with Gasteiger partial charge in [0.05, 0.1) is 12.6 Å². The Morgan fingerprint density at radius 3 is 2.33 bits per heavy atom. The topological polar surface area (TPSA) is 61.9 Å². The van der Waals surface area contributed by atoms with Crippen molar-refractivity contribution < 1.29 is 14.3 Å². The van der Waals surface area contributed by atoms with Crippen LogP contribution in [0.4, 0.5) is 0 Å². The molecule has 1 saturated heterocycles. The van der Waals surface area contributed by atoms with Crippen molar-refractivity contribution in [1.82, 2.24) is 15.1 Å². The molecule has 6 nitrogen and oxygen atoms in total. The van der Waals surface area contributed by atoms with E-state index in [-0.39, 0.29) is 23.9 Å². The number of hydrogen-bond acceptors (Lipinski definition) is 4. The molecule has 0 aliphatic carbocycles. The third-order valence-electron chi connectivity index (χ3n) is 8.50. The Morgan fingerprint density at radius 1 is 0.929 bits per heavy atom. The molecule has 6 heteroatoms. The van der Waals surface area contributed by atoms with Gasteiger partial charge in [0, 0.05) is 51.6 Å². The molecule has 2 aliphatic heterocycles. The quantitative estimate of drug-likeness (QED) is 0.354. The molecular formula is C36H43N3O3. The molecule has 42 heavy (non-hydrogen) atoms. The van der Waals surface area contributed by atoms with Crippen molar-refractivity contribution in [2.24, 2.45) is 0 Å². The van der Waals surface area contributed by atoms with Crippen LogP contribution in [0.3, 0.4) is 0 Å². The number of likely N-dealkylation sites (N-methyl/N-ethyl adjacent to an activating group) is 1. The molecule has 5 rings (SSSR count). The van der Waals surface area contributed by atoms with E-state index in [1.54, 1.807) is 6.92 Å². The third-order valence-corrected chi connectivity index (χ3v) is 8.50. The smallest absolute Gasteiger partial charge is 0.251 e. The van der Waals surface area contributed by atoms with E-state index in [4.69, 9.17) is 4.74 Å². The number of carbonyl (C=O) groups excluding carboxylic acids is 2. The zero-order chi connectivity index (χ0) is 29.6. The number of nitrogens with one attached hydrogen (secondary N) is 1. The van der Waals surface area contributed by atoms with Gasteiger partial charge in [-0.05, 0) is 52.7 Å². The second-order valence-electron chi connectivity index (χ2n) is 11.9. The van der Waals surface area contributed by atoms with E-state index in [9.17, 15) is 9.59 Å². The highest BCUT2D eigenvalue weighted by Crippen LogP contribution is 2.34. The predicted octanol–water partition coefficient (Wildman–Crippen LogP) is 5.48. The van der Waals surface area contributed by atoms with Crippen molar-refractivity contribution >= 4 is 17.4 Å². The Kier molecular flexibility index (Phi) is 9.43. The maximum Gasteiger partial charge on any atom is 0.251 e. The molecule has 0 radical (unpaired) electrons. The van der Waals surface area contributed by atoms with Crippen LogP contribution in [0.5, 0.6) is 5.75 Å². The number of carbonyl (C=O) groups is 2. The van der Waals surface area contributed by atoms with Gasteiger partial charge >= 0.3 is 0 Å². The minimum atomic E-state index is -0.183. The molecule has 0 spiro atoms. The van der Waals surface area contributed by atoms with E-state index in [0.717, 1.165) is 35.3 Å². The van der Waals surface area contributed by atoms with Crippen LogP contribution in [0.1, 0.15) is 55.4 Å². The summed E-state index contributed by atoms with van der Waals surface area (Å²) in [5.41, 5.74) is 6.60. The highest BCUT2D eigenvalue weighted by molar-refractivity contribution is 6.03. The first-order valence-corrected chi connectivity index (χ1v) is 15.1. The van der Waals surface area contributed by atoms with Gasteiger partial charge in [-0.2, -0.15) is 0 Å². The maximum absolute atomic E-state index is 14.0. The van der Waals surface area contributed by atoms with Gasteiger partial charge in [-0.25, -0.2) is 0 Å². The minimum Gasteiger partial charge on any atom is -0.493 e. The van der Waals surface area contributed by atoms with Gasteiger partial charge in [-0.15, -0.1) is 0 Å². The first-order chi connectivity index (χ1) is 20.3. The van der Waals surface area contributed by atoms with E-state index in [1.807, 2.05) is 47.2 Å². The van der Waals surface area contributed by atoms with Gasteiger partial charge in [-0.1, -0.05) is 86.6 Å². The Hall–Kier alpha value is -3.90. The summed E-state index contributed by atoms with van der Waals surface area (Å²) in [6.45, 7) is 8.39. The lowest BCUT2D eigenvalue weighted by Crippen LogP contribution is -2.61. The summed E-state index contributed by atoms with van der Waals surface area (Å²) in [6.07, 6.45) is 2.31. The first-order valence-electron chi connectivity index (χ1n) is 15.1. The summed E-state index contributed by atoms with van der Waals surface area (Å²) < 4.78 is 6.16. The van der Waals surface area contributed by atoms with E-state index >= 15 is 0 Å². The molecule has 3 aromatic rings. The minimum absolute atomic E-state index is 0.0311. The fourth-order valence-electron chi connectivity index (χ4n) is 6.11. The van der Waals surface area contributed by atoms with Crippen LogP contribution in [0.25, 0.3) is 5.57 Å². The number of rotatable bonds is 10. The van der Waals surface area contributed by atoms with Crippen LogP contribution in [-0.2, 0) is 22.4 Å². The number of ether oxygens (including phenoxy) is 1. The van der Waals surface area contributed by atoms with Gasteiger partial charge in [0.2, 0.25) is 5.91 Å². The molecule has 2 atom stereocenters. The van der Waals surface area contributed by atoms with E-state index in [0.29, 0.717) is 38.6 Å². The molecule has 0 aromatic heterocycles. The summed E-state index contributed by atoms with van der Waals surface area (Å²) in [7, 11) is 1.88. The third kappa shape index (κ3) is 6.93. The number of benzene rings is 3. The van der Waals surface area contributed by atoms with Gasteiger partial charge in [0.25, 0.3) is 5.91 Å². The number of piperazine rings is 1. The van der Waals surface area contributed by atoms with Crippen LogP contribution in [0.2, 0.25) is 0 Å². The predicted molar refractivity (Wildman–Crippen MR) is 168 cm³/mol. The molecule has 2 unspecified atom stereocenters. The SMILES string of the molecule is CC(=O)N1CC2CC(c3ccc(CCOc4ccccc4C(C)C)cc3)=C(C(=O)N(C)CCc3ccccc3)C(C1)N2. The van der Waals surface area contributed by atoms with E-state index < -0.39 is 0 Å². The van der Waals surface area contributed by atoms with Crippen molar-refractivity contribution in [1.29, 1.82) is 0 Å². The Bertz CT molecular complexity index is 1410. The highest BCUT2D eigenvalue weighted by atomic mass is 16.5. The van der Waals surface area contributed by atoms with Crippen LogP contribution in [0, 0.1) is 0 Å². The summed E-state index contributed by atoms with van der Waals surface area (Å²) >= 11 is 0. The average molecular weight is 566 g/mol. The summed E-state index contributed by atoms with van der Waals surface area (Å²) in [5, 5.41) is 3.65. The fourth-order valence-corrected chi connectivity index (χ4v) is 6.11. The largest absolute Gasteiger partial charge is 0.493 e. The van der Waals surface area contributed by atoms with Gasteiger partial charge in [0.1, 0.15) is 5.75 Å². The fraction of sp³-hybridized carbons (Fsp3) is 0.389. The van der Waals surface area contributed by atoms with Crippen molar-refractivity contribution in [3.05, 3.63) is 107 Å². The van der Waals surface area contributed by atoms with Crippen molar-refractivity contribution in [3.8, 4) is 5.75 Å². The lowest BCUT2D eigenvalue weighted by Gasteiger charge is -2.44. The average Bonchev–Trinajstić information content (AvgIpc) is 3.00. The highest BCUT2D eigenvalue weighted by Gasteiger charge is 2.39. The van der Waals surface area contributed by atoms with E-state index in [1.165, 1.54) is 16.7 Å². The van der Waals surface area contributed by atoms with Gasteiger partial charge in [-0.3, -0.25) is 9.59 Å². The zero-order valence-corrected chi connectivity index (χ0v) is 25.3. The molecule has 2 amide bonds. The van der Waals surface area contributed by atoms with Gasteiger partial charge < -0.3 is 19.9 Å². The number of amides is 2. The Labute approximate surface area is 250 Å². The monoisotopic (exact) mass is 565 g/mol. The summed E-state index contributed by atoms with van der Waals surface area (Å²) in [5.74, 6) is 1.45. The van der Waals surface area contributed by atoms with Crippen LogP contribution < -0.4 is 10.1 Å². The lowest BCUT2D eigenvalue weighted by atomic mass is 9.82. The molecular weight excluding hydrogens is 522 g/mol. The standard InChI is InChI=1S/C36H43N3O3/c1-25(2)31-12-8-9-13-34(31)42-21-19-28-14-16-29(17-15-28)32-22-30-23-39(26(3)40)24-33(37-30)35(32)36(41)38(4)20-18-27-10-6-5-7-11-27/h5-17,25,30,33,37H,18-24H2,1-4H3.